The minimum atomic E-state index is -1.24. The SMILES string of the molecule is Cc1cnccc1CNC(=O)NC1(C(=O)O)CCOCC1. The van der Waals surface area contributed by atoms with Crippen molar-refractivity contribution < 1.29 is 19.4 Å². The quantitative estimate of drug-likeness (QED) is 0.763. The van der Waals surface area contributed by atoms with Gasteiger partial charge in [0.25, 0.3) is 0 Å². The summed E-state index contributed by atoms with van der Waals surface area (Å²) in [5.41, 5.74) is 0.670. The zero-order chi connectivity index (χ0) is 15.3. The predicted molar refractivity (Wildman–Crippen MR) is 74.8 cm³/mol. The first-order chi connectivity index (χ1) is 10.0. The van der Waals surface area contributed by atoms with Crippen LogP contribution in [0.5, 0.6) is 0 Å². The molecule has 2 heterocycles. The molecule has 0 atom stereocenters. The zero-order valence-electron chi connectivity index (χ0n) is 11.9. The van der Waals surface area contributed by atoms with Crippen LogP contribution in [0.3, 0.4) is 0 Å². The average molecular weight is 293 g/mol. The highest BCUT2D eigenvalue weighted by atomic mass is 16.5. The van der Waals surface area contributed by atoms with Crippen molar-refractivity contribution in [3.05, 3.63) is 29.6 Å². The summed E-state index contributed by atoms with van der Waals surface area (Å²) in [7, 11) is 0. The second kappa shape index (κ2) is 6.53. The van der Waals surface area contributed by atoms with E-state index < -0.39 is 17.5 Å². The van der Waals surface area contributed by atoms with Crippen LogP contribution in [0.25, 0.3) is 0 Å². The highest BCUT2D eigenvalue weighted by Crippen LogP contribution is 2.21. The smallest absolute Gasteiger partial charge is 0.329 e. The van der Waals surface area contributed by atoms with Crippen LogP contribution in [0.15, 0.2) is 18.5 Å². The standard InChI is InChI=1S/C14H19N3O4/c1-10-8-15-5-2-11(10)9-16-13(20)17-14(12(18)19)3-6-21-7-4-14/h2,5,8H,3-4,6-7,9H2,1H3,(H,18,19)(H2,16,17,20). The van der Waals surface area contributed by atoms with E-state index in [4.69, 9.17) is 4.74 Å². The Labute approximate surface area is 122 Å². The van der Waals surface area contributed by atoms with E-state index in [-0.39, 0.29) is 12.8 Å². The molecular formula is C14H19N3O4. The summed E-state index contributed by atoms with van der Waals surface area (Å²) in [6.07, 6.45) is 3.90. The maximum absolute atomic E-state index is 12.0. The first kappa shape index (κ1) is 15.2. The van der Waals surface area contributed by atoms with E-state index in [2.05, 4.69) is 15.6 Å². The number of pyridine rings is 1. The Morgan fingerprint density at radius 2 is 2.14 bits per heavy atom. The lowest BCUT2D eigenvalue weighted by atomic mass is 9.90. The van der Waals surface area contributed by atoms with Gasteiger partial charge in [-0.05, 0) is 24.1 Å². The number of aromatic nitrogens is 1. The molecule has 1 aromatic heterocycles. The van der Waals surface area contributed by atoms with Gasteiger partial charge in [0, 0.05) is 45.0 Å². The van der Waals surface area contributed by atoms with Crippen LogP contribution < -0.4 is 10.6 Å². The van der Waals surface area contributed by atoms with Crippen LogP contribution >= 0.6 is 0 Å². The molecule has 0 bridgehead atoms. The van der Waals surface area contributed by atoms with Gasteiger partial charge in [0.2, 0.25) is 0 Å². The number of nitrogens with one attached hydrogen (secondary N) is 2. The van der Waals surface area contributed by atoms with Gasteiger partial charge in [0.05, 0.1) is 0 Å². The van der Waals surface area contributed by atoms with Gasteiger partial charge in [0.15, 0.2) is 0 Å². The maximum Gasteiger partial charge on any atom is 0.329 e. The number of hydrogen-bond acceptors (Lipinski definition) is 4. The van der Waals surface area contributed by atoms with Crippen molar-refractivity contribution in [3.8, 4) is 0 Å². The Morgan fingerprint density at radius 1 is 1.43 bits per heavy atom. The van der Waals surface area contributed by atoms with Crippen LogP contribution in [0, 0.1) is 6.92 Å². The van der Waals surface area contributed by atoms with Crippen LogP contribution in [0.2, 0.25) is 0 Å². The second-order valence-corrected chi connectivity index (χ2v) is 5.11. The number of aryl methyl sites for hydroxylation is 1. The van der Waals surface area contributed by atoms with Crippen molar-refractivity contribution in [3.63, 3.8) is 0 Å². The molecule has 2 rings (SSSR count). The molecule has 1 aliphatic heterocycles. The number of aliphatic carboxylic acids is 1. The number of carboxylic acids is 1. The van der Waals surface area contributed by atoms with E-state index in [1.807, 2.05) is 13.0 Å². The van der Waals surface area contributed by atoms with Crippen molar-refractivity contribution in [1.82, 2.24) is 15.6 Å². The summed E-state index contributed by atoms with van der Waals surface area (Å²) in [4.78, 5) is 27.4. The summed E-state index contributed by atoms with van der Waals surface area (Å²) in [6.45, 7) is 2.89. The summed E-state index contributed by atoms with van der Waals surface area (Å²) in [5.74, 6) is -1.03. The van der Waals surface area contributed by atoms with E-state index >= 15 is 0 Å². The van der Waals surface area contributed by atoms with E-state index in [0.717, 1.165) is 11.1 Å². The molecule has 3 N–H and O–H groups in total. The fourth-order valence-corrected chi connectivity index (χ4v) is 2.25. The molecule has 0 aliphatic carbocycles. The first-order valence-corrected chi connectivity index (χ1v) is 6.80. The molecule has 0 spiro atoms. The third-order valence-corrected chi connectivity index (χ3v) is 3.68. The first-order valence-electron chi connectivity index (χ1n) is 6.80. The minimum Gasteiger partial charge on any atom is -0.480 e. The van der Waals surface area contributed by atoms with Gasteiger partial charge >= 0.3 is 12.0 Å². The number of rotatable bonds is 4. The third-order valence-electron chi connectivity index (χ3n) is 3.68. The Bertz CT molecular complexity index is 527. The van der Waals surface area contributed by atoms with Gasteiger partial charge in [-0.1, -0.05) is 0 Å². The predicted octanol–water partition coefficient (Wildman–Crippen LogP) is 0.823. The maximum atomic E-state index is 12.0. The van der Waals surface area contributed by atoms with Crippen LogP contribution in [-0.2, 0) is 16.1 Å². The van der Waals surface area contributed by atoms with E-state index in [9.17, 15) is 14.7 Å². The summed E-state index contributed by atoms with van der Waals surface area (Å²) >= 11 is 0. The number of urea groups is 1. The van der Waals surface area contributed by atoms with E-state index in [1.54, 1.807) is 12.4 Å². The Hall–Kier alpha value is -2.15. The summed E-state index contributed by atoms with van der Waals surface area (Å²) < 4.78 is 5.16. The van der Waals surface area contributed by atoms with Crippen molar-refractivity contribution in [2.75, 3.05) is 13.2 Å². The molecule has 0 saturated carbocycles. The molecule has 1 aliphatic rings. The highest BCUT2D eigenvalue weighted by molar-refractivity contribution is 5.86. The molecule has 1 fully saturated rings. The topological polar surface area (TPSA) is 101 Å². The largest absolute Gasteiger partial charge is 0.480 e. The molecule has 7 nitrogen and oxygen atoms in total. The zero-order valence-corrected chi connectivity index (χ0v) is 11.9. The van der Waals surface area contributed by atoms with Crippen LogP contribution in [0.4, 0.5) is 4.79 Å². The molecule has 0 aromatic carbocycles. The molecule has 1 aromatic rings. The Morgan fingerprint density at radius 3 is 2.76 bits per heavy atom. The van der Waals surface area contributed by atoms with Gasteiger partial charge in [0.1, 0.15) is 5.54 Å². The molecule has 114 valence electrons. The number of amides is 2. The average Bonchev–Trinajstić information content (AvgIpc) is 2.47. The lowest BCUT2D eigenvalue weighted by Crippen LogP contribution is -2.59. The minimum absolute atomic E-state index is 0.268. The fourth-order valence-electron chi connectivity index (χ4n) is 2.25. The van der Waals surface area contributed by atoms with Crippen molar-refractivity contribution >= 4 is 12.0 Å². The van der Waals surface area contributed by atoms with Crippen molar-refractivity contribution in [2.45, 2.75) is 31.8 Å². The Kier molecular flexibility index (Phi) is 4.74. The van der Waals surface area contributed by atoms with Crippen LogP contribution in [-0.4, -0.2) is 40.8 Å². The lowest BCUT2D eigenvalue weighted by molar-refractivity contribution is -0.148. The third kappa shape index (κ3) is 3.69. The van der Waals surface area contributed by atoms with Crippen LogP contribution in [0.1, 0.15) is 24.0 Å². The second-order valence-electron chi connectivity index (χ2n) is 5.11. The van der Waals surface area contributed by atoms with E-state index in [1.165, 1.54) is 0 Å². The molecular weight excluding hydrogens is 274 g/mol. The van der Waals surface area contributed by atoms with Gasteiger partial charge in [-0.15, -0.1) is 0 Å². The molecule has 0 radical (unpaired) electrons. The number of nitrogens with zero attached hydrogens (tertiary/aromatic N) is 1. The number of carboxylic acid groups (broad SMARTS) is 1. The lowest BCUT2D eigenvalue weighted by Gasteiger charge is -2.33. The molecule has 1 saturated heterocycles. The normalized spacial score (nSPS) is 17.0. The monoisotopic (exact) mass is 293 g/mol. The summed E-state index contributed by atoms with van der Waals surface area (Å²) in [5, 5.41) is 14.6. The number of carbonyl (C=O) groups is 2. The number of carbonyl (C=O) groups excluding carboxylic acids is 1. The molecule has 0 unspecified atom stereocenters. The molecule has 2 amide bonds. The number of ether oxygens (including phenoxy) is 1. The van der Waals surface area contributed by atoms with Gasteiger partial charge in [-0.25, -0.2) is 9.59 Å². The van der Waals surface area contributed by atoms with Crippen molar-refractivity contribution in [1.29, 1.82) is 0 Å². The molecule has 21 heavy (non-hydrogen) atoms. The Balaban J connectivity index is 1.94. The van der Waals surface area contributed by atoms with Crippen molar-refractivity contribution in [2.24, 2.45) is 0 Å². The van der Waals surface area contributed by atoms with Gasteiger partial charge < -0.3 is 20.5 Å². The molecule has 7 heteroatoms. The van der Waals surface area contributed by atoms with E-state index in [0.29, 0.717) is 19.8 Å². The highest BCUT2D eigenvalue weighted by Gasteiger charge is 2.41. The van der Waals surface area contributed by atoms with Gasteiger partial charge in [-0.3, -0.25) is 4.98 Å². The van der Waals surface area contributed by atoms with Gasteiger partial charge in [-0.2, -0.15) is 0 Å². The fraction of sp³-hybridized carbons (Fsp3) is 0.500. The number of hydrogen-bond donors (Lipinski definition) is 3. The summed E-state index contributed by atoms with van der Waals surface area (Å²) in [6, 6.07) is 1.33.